The Kier molecular flexibility index (Phi) is 5.24. The third kappa shape index (κ3) is 4.55. The van der Waals surface area contributed by atoms with Gasteiger partial charge in [-0.25, -0.2) is 9.98 Å². The quantitative estimate of drug-likeness (QED) is 0.460. The maximum absolute atomic E-state index is 6.05. The number of nitrogens with one attached hydrogen (secondary N) is 2. The van der Waals surface area contributed by atoms with Gasteiger partial charge in [-0.1, -0.05) is 43.9 Å². The van der Waals surface area contributed by atoms with Gasteiger partial charge in [0.15, 0.2) is 11.8 Å². The molecule has 1 aliphatic rings. The van der Waals surface area contributed by atoms with E-state index >= 15 is 0 Å². The predicted molar refractivity (Wildman–Crippen MR) is 91.8 cm³/mol. The second-order valence-corrected chi connectivity index (χ2v) is 6.07. The van der Waals surface area contributed by atoms with Crippen molar-refractivity contribution in [3.8, 4) is 11.4 Å². The van der Waals surface area contributed by atoms with Crippen molar-refractivity contribution < 1.29 is 0 Å². The van der Waals surface area contributed by atoms with Crippen LogP contribution in [0.2, 0.25) is 0 Å². The molecule has 1 fully saturated rings. The summed E-state index contributed by atoms with van der Waals surface area (Å²) in [5.41, 5.74) is 8.15. The van der Waals surface area contributed by atoms with Crippen LogP contribution < -0.4 is 11.1 Å². The van der Waals surface area contributed by atoms with Crippen LogP contribution in [0.3, 0.4) is 0 Å². The molecule has 122 valence electrons. The molecule has 6 heteroatoms. The summed E-state index contributed by atoms with van der Waals surface area (Å²) < 4.78 is 0. The van der Waals surface area contributed by atoms with Crippen molar-refractivity contribution in [1.82, 2.24) is 20.5 Å². The van der Waals surface area contributed by atoms with E-state index in [1.54, 1.807) is 0 Å². The summed E-state index contributed by atoms with van der Waals surface area (Å²) in [5.74, 6) is 1.31. The molecule has 0 unspecified atom stereocenters. The summed E-state index contributed by atoms with van der Waals surface area (Å²) in [6, 6.07) is 8.57. The molecule has 3 rings (SSSR count). The van der Waals surface area contributed by atoms with Crippen molar-refractivity contribution in [2.75, 3.05) is 0 Å². The molecule has 0 aliphatic heterocycles. The van der Waals surface area contributed by atoms with Crippen LogP contribution in [-0.2, 0) is 6.54 Å². The normalized spacial score (nSPS) is 17.0. The van der Waals surface area contributed by atoms with E-state index in [0.717, 1.165) is 17.0 Å². The van der Waals surface area contributed by atoms with E-state index in [4.69, 9.17) is 5.73 Å². The maximum Gasteiger partial charge on any atom is 0.189 e. The highest BCUT2D eigenvalue weighted by molar-refractivity contribution is 5.78. The molecule has 0 radical (unpaired) electrons. The zero-order valence-electron chi connectivity index (χ0n) is 13.3. The molecule has 4 N–H and O–H groups in total. The Hall–Kier alpha value is -2.37. The first-order valence-corrected chi connectivity index (χ1v) is 8.32. The van der Waals surface area contributed by atoms with E-state index in [-0.39, 0.29) is 0 Å². The molecular weight excluding hydrogens is 288 g/mol. The first-order valence-electron chi connectivity index (χ1n) is 8.32. The molecule has 6 nitrogen and oxygen atoms in total. The predicted octanol–water partition coefficient (Wildman–Crippen LogP) is 2.60. The summed E-state index contributed by atoms with van der Waals surface area (Å²) in [5, 5.41) is 10.1. The second-order valence-electron chi connectivity index (χ2n) is 6.07. The Balaban J connectivity index is 1.59. The molecule has 0 bridgehead atoms. The largest absolute Gasteiger partial charge is 0.370 e. The number of benzene rings is 1. The van der Waals surface area contributed by atoms with Crippen molar-refractivity contribution in [3.05, 3.63) is 36.2 Å². The van der Waals surface area contributed by atoms with Crippen molar-refractivity contribution in [3.63, 3.8) is 0 Å². The van der Waals surface area contributed by atoms with Crippen LogP contribution in [0.1, 0.15) is 44.1 Å². The summed E-state index contributed by atoms with van der Waals surface area (Å²) in [6.07, 6.45) is 9.13. The van der Waals surface area contributed by atoms with Gasteiger partial charge in [0.05, 0.1) is 6.54 Å². The third-order valence-electron chi connectivity index (χ3n) is 4.25. The highest BCUT2D eigenvalue weighted by Gasteiger charge is 2.12. The van der Waals surface area contributed by atoms with Crippen molar-refractivity contribution in [2.24, 2.45) is 10.7 Å². The number of H-pyrrole nitrogens is 1. The standard InChI is InChI=1S/C17H24N6/c18-17(22-15-8-3-1-2-4-9-15)19-11-13-6-5-7-14(10-13)16-20-12-21-23-16/h5-7,10,12,15H,1-4,8-9,11H2,(H3,18,19,22)(H,20,21,23). The van der Waals surface area contributed by atoms with Gasteiger partial charge in [0.2, 0.25) is 0 Å². The highest BCUT2D eigenvalue weighted by atomic mass is 15.2. The van der Waals surface area contributed by atoms with Gasteiger partial charge in [-0.3, -0.25) is 5.10 Å². The van der Waals surface area contributed by atoms with E-state index in [2.05, 4.69) is 31.6 Å². The van der Waals surface area contributed by atoms with Crippen LogP contribution in [0.4, 0.5) is 0 Å². The lowest BCUT2D eigenvalue weighted by Gasteiger charge is -2.16. The number of nitrogens with two attached hydrogens (primary N) is 1. The SMILES string of the molecule is NC(=NCc1cccc(-c2ncn[nH]2)c1)NC1CCCCCC1. The fraction of sp³-hybridized carbons (Fsp3) is 0.471. The zero-order chi connectivity index (χ0) is 15.9. The molecule has 0 atom stereocenters. The number of hydrogen-bond donors (Lipinski definition) is 3. The Labute approximate surface area is 136 Å². The summed E-state index contributed by atoms with van der Waals surface area (Å²) >= 11 is 0. The van der Waals surface area contributed by atoms with E-state index in [9.17, 15) is 0 Å². The molecule has 1 aromatic heterocycles. The zero-order valence-corrected chi connectivity index (χ0v) is 13.3. The van der Waals surface area contributed by atoms with Gasteiger partial charge < -0.3 is 11.1 Å². The van der Waals surface area contributed by atoms with E-state index in [1.807, 2.05) is 18.2 Å². The Morgan fingerprint density at radius 2 is 2.09 bits per heavy atom. The third-order valence-corrected chi connectivity index (χ3v) is 4.25. The van der Waals surface area contributed by atoms with Gasteiger partial charge in [-0.05, 0) is 24.5 Å². The second kappa shape index (κ2) is 7.76. The number of aromatic nitrogens is 3. The lowest BCUT2D eigenvalue weighted by atomic mass is 10.1. The number of nitrogens with zero attached hydrogens (tertiary/aromatic N) is 3. The van der Waals surface area contributed by atoms with E-state index in [0.29, 0.717) is 18.5 Å². The molecular formula is C17H24N6. The average Bonchev–Trinajstić information content (AvgIpc) is 2.99. The number of rotatable bonds is 4. The van der Waals surface area contributed by atoms with Crippen LogP contribution in [0.15, 0.2) is 35.6 Å². The summed E-state index contributed by atoms with van der Waals surface area (Å²) in [6.45, 7) is 0.563. The lowest BCUT2D eigenvalue weighted by molar-refractivity contribution is 0.530. The van der Waals surface area contributed by atoms with Crippen LogP contribution >= 0.6 is 0 Å². The summed E-state index contributed by atoms with van der Waals surface area (Å²) in [7, 11) is 0. The molecule has 1 aromatic carbocycles. The van der Waals surface area contributed by atoms with Gasteiger partial charge in [-0.15, -0.1) is 0 Å². The number of guanidine groups is 1. The summed E-state index contributed by atoms with van der Waals surface area (Å²) in [4.78, 5) is 8.65. The molecule has 1 saturated carbocycles. The van der Waals surface area contributed by atoms with Gasteiger partial charge >= 0.3 is 0 Å². The number of aliphatic imine (C=N–C) groups is 1. The van der Waals surface area contributed by atoms with Gasteiger partial charge in [0.25, 0.3) is 0 Å². The first kappa shape index (κ1) is 15.5. The lowest BCUT2D eigenvalue weighted by Crippen LogP contribution is -2.39. The van der Waals surface area contributed by atoms with Gasteiger partial charge in [-0.2, -0.15) is 5.10 Å². The molecule has 1 heterocycles. The minimum absolute atomic E-state index is 0.474. The molecule has 23 heavy (non-hydrogen) atoms. The van der Waals surface area contributed by atoms with Gasteiger partial charge in [0, 0.05) is 11.6 Å². The Morgan fingerprint density at radius 3 is 2.83 bits per heavy atom. The fourth-order valence-electron chi connectivity index (χ4n) is 3.02. The van der Waals surface area contributed by atoms with Crippen molar-refractivity contribution in [1.29, 1.82) is 0 Å². The molecule has 0 spiro atoms. The molecule has 1 aliphatic carbocycles. The first-order chi connectivity index (χ1) is 11.3. The number of aromatic amines is 1. The van der Waals surface area contributed by atoms with Crippen LogP contribution in [-0.4, -0.2) is 27.2 Å². The Morgan fingerprint density at radius 1 is 1.26 bits per heavy atom. The fourth-order valence-corrected chi connectivity index (χ4v) is 3.02. The Bertz CT molecular complexity index is 626. The molecule has 0 saturated heterocycles. The topological polar surface area (TPSA) is 92.0 Å². The minimum atomic E-state index is 0.474. The smallest absolute Gasteiger partial charge is 0.189 e. The van der Waals surface area contributed by atoms with E-state index < -0.39 is 0 Å². The highest BCUT2D eigenvalue weighted by Crippen LogP contribution is 2.17. The van der Waals surface area contributed by atoms with Crippen molar-refractivity contribution >= 4 is 5.96 Å². The van der Waals surface area contributed by atoms with Gasteiger partial charge in [0.1, 0.15) is 6.33 Å². The van der Waals surface area contributed by atoms with Crippen LogP contribution in [0, 0.1) is 0 Å². The average molecular weight is 312 g/mol. The minimum Gasteiger partial charge on any atom is -0.370 e. The van der Waals surface area contributed by atoms with Crippen molar-refractivity contribution in [2.45, 2.75) is 51.1 Å². The monoisotopic (exact) mass is 312 g/mol. The maximum atomic E-state index is 6.05. The van der Waals surface area contributed by atoms with Crippen LogP contribution in [0.25, 0.3) is 11.4 Å². The van der Waals surface area contributed by atoms with Crippen LogP contribution in [0.5, 0.6) is 0 Å². The molecule has 0 amide bonds. The number of hydrogen-bond acceptors (Lipinski definition) is 3. The van der Waals surface area contributed by atoms with E-state index in [1.165, 1.54) is 44.9 Å². The molecule has 2 aromatic rings.